The quantitative estimate of drug-likeness (QED) is 0.545. The van der Waals surface area contributed by atoms with Gasteiger partial charge in [-0.15, -0.1) is 0 Å². The van der Waals surface area contributed by atoms with Crippen LogP contribution < -0.4 is 9.47 Å². The number of ether oxygens (including phenoxy) is 3. The summed E-state index contributed by atoms with van der Waals surface area (Å²) in [6.45, 7) is 6.82. The van der Waals surface area contributed by atoms with Crippen LogP contribution in [0.1, 0.15) is 44.9 Å². The van der Waals surface area contributed by atoms with Crippen LogP contribution in [0.5, 0.6) is 11.5 Å². The zero-order valence-corrected chi connectivity index (χ0v) is 19.7. The molecule has 0 aliphatic carbocycles. The maximum atomic E-state index is 12.3. The molecule has 2 heterocycles. The number of fused-ring (bicyclic) bond motifs is 1. The maximum absolute atomic E-state index is 12.3. The molecule has 0 bridgehead atoms. The number of piperidine rings is 1. The van der Waals surface area contributed by atoms with Crippen molar-refractivity contribution in [2.45, 2.75) is 51.7 Å². The van der Waals surface area contributed by atoms with Gasteiger partial charge in [0.2, 0.25) is 0 Å². The summed E-state index contributed by atoms with van der Waals surface area (Å²) in [4.78, 5) is 23.1. The molecule has 174 valence electrons. The fourth-order valence-electron chi connectivity index (χ4n) is 3.96. The first-order valence-corrected chi connectivity index (χ1v) is 11.3. The van der Waals surface area contributed by atoms with E-state index >= 15 is 0 Å². The van der Waals surface area contributed by atoms with E-state index in [1.807, 2.05) is 51.1 Å². The normalized spacial score (nSPS) is 14.8. The zero-order chi connectivity index (χ0) is 23.4. The molecular formula is C26H31N3O4. The van der Waals surface area contributed by atoms with Crippen molar-refractivity contribution in [2.75, 3.05) is 20.2 Å². The van der Waals surface area contributed by atoms with Crippen LogP contribution in [-0.2, 0) is 11.2 Å². The van der Waals surface area contributed by atoms with Crippen LogP contribution in [0.4, 0.5) is 4.79 Å². The van der Waals surface area contributed by atoms with Gasteiger partial charge in [-0.05, 0) is 32.4 Å². The predicted molar refractivity (Wildman–Crippen MR) is 127 cm³/mol. The minimum atomic E-state index is -0.498. The number of carbonyl (C=O) groups is 1. The third-order valence-corrected chi connectivity index (χ3v) is 5.60. The number of aromatic nitrogens is 2. The van der Waals surface area contributed by atoms with Crippen molar-refractivity contribution >= 4 is 17.0 Å². The number of benzene rings is 2. The van der Waals surface area contributed by atoms with Gasteiger partial charge in [0.15, 0.2) is 11.5 Å². The van der Waals surface area contributed by atoms with Crippen LogP contribution in [0, 0.1) is 0 Å². The fourth-order valence-corrected chi connectivity index (χ4v) is 3.96. The van der Waals surface area contributed by atoms with Crippen molar-refractivity contribution in [3.05, 3.63) is 60.0 Å². The molecule has 1 aromatic heterocycles. The molecule has 33 heavy (non-hydrogen) atoms. The van der Waals surface area contributed by atoms with Crippen LogP contribution in [-0.4, -0.2) is 52.9 Å². The van der Waals surface area contributed by atoms with Gasteiger partial charge in [0.1, 0.15) is 18.0 Å². The van der Waals surface area contributed by atoms with Gasteiger partial charge in [-0.3, -0.25) is 0 Å². The van der Waals surface area contributed by atoms with Crippen molar-refractivity contribution in [1.29, 1.82) is 0 Å². The SMILES string of the molecule is COc1cc2ncnc(Cc3ccccc3)c2cc1OC1CCN(C(=O)OC(C)(C)C)CC1. The Hall–Kier alpha value is -3.35. The number of amides is 1. The van der Waals surface area contributed by atoms with E-state index in [9.17, 15) is 4.79 Å². The maximum Gasteiger partial charge on any atom is 0.410 e. The van der Waals surface area contributed by atoms with Gasteiger partial charge in [0.05, 0.1) is 18.3 Å². The van der Waals surface area contributed by atoms with Crippen LogP contribution in [0.3, 0.4) is 0 Å². The first-order chi connectivity index (χ1) is 15.8. The molecule has 0 N–H and O–H groups in total. The number of methoxy groups -OCH3 is 1. The second-order valence-electron chi connectivity index (χ2n) is 9.29. The largest absolute Gasteiger partial charge is 0.493 e. The molecule has 1 fully saturated rings. The summed E-state index contributed by atoms with van der Waals surface area (Å²) in [7, 11) is 1.63. The highest BCUT2D eigenvalue weighted by Gasteiger charge is 2.28. The smallest absolute Gasteiger partial charge is 0.410 e. The number of carbonyl (C=O) groups excluding carboxylic acids is 1. The highest BCUT2D eigenvalue weighted by molar-refractivity contribution is 5.84. The summed E-state index contributed by atoms with van der Waals surface area (Å²) < 4.78 is 17.4. The molecule has 7 heteroatoms. The molecule has 1 amide bonds. The Balaban J connectivity index is 1.50. The Morgan fingerprint density at radius 3 is 2.45 bits per heavy atom. The molecule has 1 saturated heterocycles. The van der Waals surface area contributed by atoms with Crippen LogP contribution >= 0.6 is 0 Å². The van der Waals surface area contributed by atoms with Crippen molar-refractivity contribution in [3.63, 3.8) is 0 Å². The van der Waals surface area contributed by atoms with Crippen molar-refractivity contribution in [1.82, 2.24) is 14.9 Å². The average molecular weight is 450 g/mol. The third kappa shape index (κ3) is 5.72. The molecule has 4 rings (SSSR count). The second-order valence-corrected chi connectivity index (χ2v) is 9.29. The van der Waals surface area contributed by atoms with Gasteiger partial charge in [-0.2, -0.15) is 0 Å². The molecule has 1 aliphatic rings. The summed E-state index contributed by atoms with van der Waals surface area (Å²) in [6.07, 6.45) is 3.46. The lowest BCUT2D eigenvalue weighted by molar-refractivity contribution is 0.0124. The molecule has 0 atom stereocenters. The minimum absolute atomic E-state index is 0.0164. The molecule has 7 nitrogen and oxygen atoms in total. The van der Waals surface area contributed by atoms with Crippen LogP contribution in [0.25, 0.3) is 10.9 Å². The lowest BCUT2D eigenvalue weighted by atomic mass is 10.0. The number of nitrogens with zero attached hydrogens (tertiary/aromatic N) is 3. The van der Waals surface area contributed by atoms with E-state index in [-0.39, 0.29) is 12.2 Å². The topological polar surface area (TPSA) is 73.8 Å². The summed E-state index contributed by atoms with van der Waals surface area (Å²) in [6, 6.07) is 14.1. The van der Waals surface area contributed by atoms with Gasteiger partial charge < -0.3 is 19.1 Å². The van der Waals surface area contributed by atoms with Gasteiger partial charge in [0.25, 0.3) is 0 Å². The van der Waals surface area contributed by atoms with Crippen molar-refractivity contribution in [2.24, 2.45) is 0 Å². The molecule has 1 aliphatic heterocycles. The Morgan fingerprint density at radius 1 is 1.06 bits per heavy atom. The fraction of sp³-hybridized carbons (Fsp3) is 0.423. The van der Waals surface area contributed by atoms with Crippen LogP contribution in [0.2, 0.25) is 0 Å². The lowest BCUT2D eigenvalue weighted by Crippen LogP contribution is -2.44. The Morgan fingerprint density at radius 2 is 1.79 bits per heavy atom. The molecule has 0 radical (unpaired) electrons. The number of rotatable bonds is 5. The summed E-state index contributed by atoms with van der Waals surface area (Å²) in [5, 5.41) is 0.948. The first kappa shape index (κ1) is 22.8. The van der Waals surface area contributed by atoms with E-state index in [1.165, 1.54) is 5.56 Å². The average Bonchev–Trinajstić information content (AvgIpc) is 2.79. The molecular weight excluding hydrogens is 418 g/mol. The minimum Gasteiger partial charge on any atom is -0.493 e. The second kappa shape index (κ2) is 9.65. The third-order valence-electron chi connectivity index (χ3n) is 5.60. The Kier molecular flexibility index (Phi) is 6.67. The molecule has 0 unspecified atom stereocenters. The monoisotopic (exact) mass is 449 g/mol. The number of hydrogen-bond acceptors (Lipinski definition) is 6. The van der Waals surface area contributed by atoms with E-state index in [1.54, 1.807) is 18.3 Å². The highest BCUT2D eigenvalue weighted by atomic mass is 16.6. The standard InChI is InChI=1S/C26H31N3O4/c1-26(2,3)33-25(30)29-12-10-19(11-13-29)32-24-15-20-21(14-18-8-6-5-7-9-18)27-17-28-22(20)16-23(24)31-4/h5-9,15-17,19H,10-14H2,1-4H3. The van der Waals surface area contributed by atoms with E-state index in [0.717, 1.165) is 29.4 Å². The lowest BCUT2D eigenvalue weighted by Gasteiger charge is -2.33. The number of likely N-dealkylation sites (tertiary alicyclic amines) is 1. The summed E-state index contributed by atoms with van der Waals surface area (Å²) in [5.41, 5.74) is 2.45. The van der Waals surface area contributed by atoms with E-state index in [2.05, 4.69) is 22.1 Å². The molecule has 3 aromatic rings. The molecule has 2 aromatic carbocycles. The van der Waals surface area contributed by atoms with Gasteiger partial charge in [0, 0.05) is 43.8 Å². The molecule has 0 saturated carbocycles. The Labute approximate surface area is 194 Å². The van der Waals surface area contributed by atoms with E-state index < -0.39 is 5.60 Å². The number of hydrogen-bond donors (Lipinski definition) is 0. The highest BCUT2D eigenvalue weighted by Crippen LogP contribution is 2.35. The van der Waals surface area contributed by atoms with Gasteiger partial charge >= 0.3 is 6.09 Å². The van der Waals surface area contributed by atoms with Gasteiger partial charge in [-0.25, -0.2) is 14.8 Å². The van der Waals surface area contributed by atoms with Gasteiger partial charge in [-0.1, -0.05) is 30.3 Å². The summed E-state index contributed by atoms with van der Waals surface area (Å²) >= 11 is 0. The van der Waals surface area contributed by atoms with E-state index in [0.29, 0.717) is 31.0 Å². The van der Waals surface area contributed by atoms with Crippen molar-refractivity contribution < 1.29 is 19.0 Å². The zero-order valence-electron chi connectivity index (χ0n) is 19.7. The molecule has 0 spiro atoms. The predicted octanol–water partition coefficient (Wildman–Crippen LogP) is 5.01. The van der Waals surface area contributed by atoms with E-state index in [4.69, 9.17) is 14.2 Å². The van der Waals surface area contributed by atoms with Crippen molar-refractivity contribution in [3.8, 4) is 11.5 Å². The summed E-state index contributed by atoms with van der Waals surface area (Å²) in [5.74, 6) is 1.31. The van der Waals surface area contributed by atoms with Crippen LogP contribution in [0.15, 0.2) is 48.8 Å². The first-order valence-electron chi connectivity index (χ1n) is 11.3. The Bertz CT molecular complexity index is 1100.